The van der Waals surface area contributed by atoms with Gasteiger partial charge in [-0.2, -0.15) is 0 Å². The first-order valence-electron chi connectivity index (χ1n) is 4.92. The number of rotatable bonds is 2. The molecule has 0 radical (unpaired) electrons. The molecule has 6 heteroatoms. The van der Waals surface area contributed by atoms with E-state index < -0.39 is 11.6 Å². The van der Waals surface area contributed by atoms with E-state index in [1.807, 2.05) is 0 Å². The minimum atomic E-state index is -1.12. The van der Waals surface area contributed by atoms with Gasteiger partial charge in [0.25, 0.3) is 0 Å². The molecule has 17 heavy (non-hydrogen) atoms. The van der Waals surface area contributed by atoms with Gasteiger partial charge in [-0.3, -0.25) is 4.79 Å². The number of aromatic carboxylic acids is 1. The summed E-state index contributed by atoms with van der Waals surface area (Å²) in [5.74, 6) is -1.37. The van der Waals surface area contributed by atoms with Crippen LogP contribution in [-0.2, 0) is 9.63 Å². The van der Waals surface area contributed by atoms with Gasteiger partial charge < -0.3 is 9.94 Å². The zero-order valence-electron chi connectivity index (χ0n) is 9.30. The van der Waals surface area contributed by atoms with Gasteiger partial charge >= 0.3 is 5.97 Å². The lowest BCUT2D eigenvalue weighted by Gasteiger charge is -2.11. The largest absolute Gasteiger partial charge is 0.477 e. The number of aromatic nitrogens is 1. The van der Waals surface area contributed by atoms with Gasteiger partial charge in [-0.15, -0.1) is 0 Å². The lowest BCUT2D eigenvalue weighted by atomic mass is 9.97. The predicted molar refractivity (Wildman–Crippen MR) is 57.9 cm³/mol. The molecular formula is C11H10N2O4. The van der Waals surface area contributed by atoms with E-state index in [0.717, 1.165) is 0 Å². The number of carboxylic acids is 1. The van der Waals surface area contributed by atoms with Crippen LogP contribution in [0.25, 0.3) is 0 Å². The fraction of sp³-hybridized carbons (Fsp3) is 0.273. The van der Waals surface area contributed by atoms with Crippen molar-refractivity contribution in [3.05, 3.63) is 29.6 Å². The van der Waals surface area contributed by atoms with Gasteiger partial charge in [-0.1, -0.05) is 5.16 Å². The number of nitrogens with zero attached hydrogens (tertiary/aromatic N) is 2. The molecule has 88 valence electrons. The number of oxime groups is 1. The first-order valence-corrected chi connectivity index (χ1v) is 4.92. The van der Waals surface area contributed by atoms with Gasteiger partial charge in [-0.05, 0) is 26.0 Å². The summed E-state index contributed by atoms with van der Waals surface area (Å²) in [6, 6.07) is 2.80. The molecular weight excluding hydrogens is 224 g/mol. The van der Waals surface area contributed by atoms with Crippen molar-refractivity contribution in [2.45, 2.75) is 19.4 Å². The number of ketones is 1. The fourth-order valence-corrected chi connectivity index (χ4v) is 1.37. The van der Waals surface area contributed by atoms with E-state index in [9.17, 15) is 9.59 Å². The van der Waals surface area contributed by atoms with Crippen molar-refractivity contribution in [1.29, 1.82) is 0 Å². The van der Waals surface area contributed by atoms with E-state index in [1.165, 1.54) is 18.3 Å². The Hall–Kier alpha value is -2.24. The molecule has 0 spiro atoms. The molecule has 1 aliphatic rings. The quantitative estimate of drug-likeness (QED) is 0.819. The highest BCUT2D eigenvalue weighted by Crippen LogP contribution is 2.22. The van der Waals surface area contributed by atoms with Crippen LogP contribution in [0.1, 0.15) is 29.9 Å². The van der Waals surface area contributed by atoms with Crippen LogP contribution in [0.4, 0.5) is 0 Å². The summed E-state index contributed by atoms with van der Waals surface area (Å²) in [5, 5.41) is 12.4. The Balaban J connectivity index is 2.31. The fourth-order valence-electron chi connectivity index (χ4n) is 1.37. The third kappa shape index (κ3) is 1.89. The summed E-state index contributed by atoms with van der Waals surface area (Å²) in [5.41, 5.74) is -0.439. The Labute approximate surface area is 96.9 Å². The molecule has 0 atom stereocenters. The second kappa shape index (κ2) is 3.65. The van der Waals surface area contributed by atoms with E-state index in [1.54, 1.807) is 13.8 Å². The summed E-state index contributed by atoms with van der Waals surface area (Å²) in [4.78, 5) is 31.2. The molecule has 0 fully saturated rings. The minimum Gasteiger partial charge on any atom is -0.477 e. The first-order chi connectivity index (χ1) is 7.92. The van der Waals surface area contributed by atoms with Crippen molar-refractivity contribution < 1.29 is 19.5 Å². The Morgan fingerprint density at radius 1 is 1.41 bits per heavy atom. The van der Waals surface area contributed by atoms with Crippen molar-refractivity contribution in [3.63, 3.8) is 0 Å². The maximum atomic E-state index is 11.8. The van der Waals surface area contributed by atoms with E-state index in [2.05, 4.69) is 10.1 Å². The minimum absolute atomic E-state index is 0.0834. The summed E-state index contributed by atoms with van der Waals surface area (Å²) in [7, 11) is 0. The van der Waals surface area contributed by atoms with Crippen LogP contribution in [-0.4, -0.2) is 33.2 Å². The molecule has 1 aliphatic heterocycles. The van der Waals surface area contributed by atoms with E-state index in [0.29, 0.717) is 5.56 Å². The van der Waals surface area contributed by atoms with Crippen LogP contribution >= 0.6 is 0 Å². The highest BCUT2D eigenvalue weighted by Gasteiger charge is 2.40. The maximum Gasteiger partial charge on any atom is 0.354 e. The molecule has 2 rings (SSSR count). The smallest absolute Gasteiger partial charge is 0.354 e. The van der Waals surface area contributed by atoms with Gasteiger partial charge in [0.05, 0.1) is 0 Å². The third-order valence-electron chi connectivity index (χ3n) is 2.38. The van der Waals surface area contributed by atoms with E-state index in [-0.39, 0.29) is 17.2 Å². The first kappa shape index (κ1) is 11.3. The molecule has 6 nitrogen and oxygen atoms in total. The molecule has 1 N–H and O–H groups in total. The summed E-state index contributed by atoms with van der Waals surface area (Å²) in [6.07, 6.45) is 1.30. The molecule has 0 bridgehead atoms. The standard InChI is InChI=1S/C11H10N2O4/c1-11(2)9(14)8(13-17-11)6-3-4-7(10(15)16)12-5-6/h3-5H,1-2H3,(H,15,16). The van der Waals surface area contributed by atoms with Crippen LogP contribution in [0.2, 0.25) is 0 Å². The zero-order valence-corrected chi connectivity index (χ0v) is 9.30. The zero-order chi connectivity index (χ0) is 12.6. The van der Waals surface area contributed by atoms with Crippen LogP contribution in [0.15, 0.2) is 23.5 Å². The number of carbonyl (C=O) groups is 2. The second-order valence-corrected chi connectivity index (χ2v) is 4.11. The highest BCUT2D eigenvalue weighted by atomic mass is 16.7. The Bertz CT molecular complexity index is 517. The van der Waals surface area contributed by atoms with Crippen molar-refractivity contribution in [1.82, 2.24) is 4.98 Å². The van der Waals surface area contributed by atoms with Gasteiger partial charge in [-0.25, -0.2) is 9.78 Å². The molecule has 0 saturated carbocycles. The molecule has 0 saturated heterocycles. The number of pyridine rings is 1. The van der Waals surface area contributed by atoms with Crippen molar-refractivity contribution >= 4 is 17.5 Å². The van der Waals surface area contributed by atoms with Crippen LogP contribution < -0.4 is 0 Å². The lowest BCUT2D eigenvalue weighted by Crippen LogP contribution is -2.33. The van der Waals surface area contributed by atoms with Crippen LogP contribution in [0.5, 0.6) is 0 Å². The summed E-state index contributed by atoms with van der Waals surface area (Å²) in [6.45, 7) is 3.23. The number of hydrogen-bond donors (Lipinski definition) is 1. The van der Waals surface area contributed by atoms with Gasteiger partial charge in [0.1, 0.15) is 5.69 Å². The number of Topliss-reactive ketones (excluding diaryl/α,β-unsaturated/α-hetero) is 1. The second-order valence-electron chi connectivity index (χ2n) is 4.11. The number of carbonyl (C=O) groups excluding carboxylic acids is 1. The third-order valence-corrected chi connectivity index (χ3v) is 2.38. The molecule has 2 heterocycles. The van der Waals surface area contributed by atoms with Gasteiger partial charge in [0.15, 0.2) is 11.3 Å². The molecule has 0 aliphatic carbocycles. The number of carboxylic acid groups (broad SMARTS) is 1. The normalized spacial score (nSPS) is 17.5. The summed E-state index contributed by atoms with van der Waals surface area (Å²) < 4.78 is 0. The Kier molecular flexibility index (Phi) is 2.42. The maximum absolute atomic E-state index is 11.8. The monoisotopic (exact) mass is 234 g/mol. The predicted octanol–water partition coefficient (Wildman–Crippen LogP) is 0.862. The Morgan fingerprint density at radius 2 is 2.12 bits per heavy atom. The molecule has 1 aromatic rings. The van der Waals surface area contributed by atoms with Gasteiger partial charge in [0.2, 0.25) is 5.78 Å². The van der Waals surface area contributed by atoms with E-state index in [4.69, 9.17) is 9.94 Å². The topological polar surface area (TPSA) is 88.8 Å². The molecule has 1 aromatic heterocycles. The molecule has 0 amide bonds. The SMILES string of the molecule is CC1(C)ON=C(c2ccc(C(=O)O)nc2)C1=O. The van der Waals surface area contributed by atoms with Crippen molar-refractivity contribution in [2.75, 3.05) is 0 Å². The summed E-state index contributed by atoms with van der Waals surface area (Å²) >= 11 is 0. The van der Waals surface area contributed by atoms with Crippen LogP contribution in [0, 0.1) is 0 Å². The Morgan fingerprint density at radius 3 is 2.53 bits per heavy atom. The average Bonchev–Trinajstić information content (AvgIpc) is 2.55. The van der Waals surface area contributed by atoms with Crippen molar-refractivity contribution in [3.8, 4) is 0 Å². The lowest BCUT2D eigenvalue weighted by molar-refractivity contribution is -0.128. The molecule has 0 unspecified atom stereocenters. The van der Waals surface area contributed by atoms with Gasteiger partial charge in [0, 0.05) is 11.8 Å². The highest BCUT2D eigenvalue weighted by molar-refractivity contribution is 6.49. The molecule has 0 aromatic carbocycles. The van der Waals surface area contributed by atoms with E-state index >= 15 is 0 Å². The van der Waals surface area contributed by atoms with Crippen molar-refractivity contribution in [2.24, 2.45) is 5.16 Å². The number of hydrogen-bond acceptors (Lipinski definition) is 5. The average molecular weight is 234 g/mol. The van der Waals surface area contributed by atoms with Crippen LogP contribution in [0.3, 0.4) is 0 Å².